The lowest BCUT2D eigenvalue weighted by Crippen LogP contribution is -2.16. The standard InChI is InChI=1S/2C51H38N2/c1-51(2)47-32-30-41(53-49-19-11-9-17-44(49)45-18-10-12-20-50(45)53)33-46(47)43-31-29-42(34-48(43)51)52(39-25-21-37(22-26-39)35-13-5-3-6-14-35)40-27-23-38(24-28-40)36-15-7-4-8-16-36;1-51(2)47-31-29-41(33-45(47)46-34-42(30-32-48(46)51)53-49-19-11-9-17-43(49)44-18-10-12-20-50(44)53)52(39-25-21-37(22-26-39)35-13-5-3-6-14-35)40-27-23-38(24-28-40)36-15-7-4-8-16-36/h2*3-34H,1-2H3. The van der Waals surface area contributed by atoms with E-state index in [-0.39, 0.29) is 10.8 Å². The molecule has 2 aromatic heterocycles. The summed E-state index contributed by atoms with van der Waals surface area (Å²) in [6.45, 7) is 9.46. The number of rotatable bonds is 12. The molecule has 504 valence electrons. The van der Waals surface area contributed by atoms with Crippen molar-refractivity contribution in [3.63, 3.8) is 0 Å². The minimum Gasteiger partial charge on any atom is -0.310 e. The minimum atomic E-state index is -0.167. The first-order chi connectivity index (χ1) is 52.1. The third-order valence-corrected chi connectivity index (χ3v) is 22.4. The van der Waals surface area contributed by atoms with Gasteiger partial charge in [-0.2, -0.15) is 0 Å². The van der Waals surface area contributed by atoms with E-state index in [0.29, 0.717) is 0 Å². The van der Waals surface area contributed by atoms with E-state index in [9.17, 15) is 0 Å². The van der Waals surface area contributed by atoms with E-state index in [1.807, 2.05) is 0 Å². The minimum absolute atomic E-state index is 0.123. The number of hydrogen-bond acceptors (Lipinski definition) is 2. The van der Waals surface area contributed by atoms with E-state index in [0.717, 1.165) is 34.1 Å². The second-order valence-electron chi connectivity index (χ2n) is 29.2. The number of fused-ring (bicyclic) bond motifs is 12. The second-order valence-corrected chi connectivity index (χ2v) is 29.2. The number of nitrogens with zero attached hydrogens (tertiary/aromatic N) is 4. The molecule has 106 heavy (non-hydrogen) atoms. The van der Waals surface area contributed by atoms with E-state index in [1.54, 1.807) is 0 Å². The number of anilines is 6. The Labute approximate surface area is 619 Å². The van der Waals surface area contributed by atoms with Crippen LogP contribution in [0.4, 0.5) is 34.1 Å². The van der Waals surface area contributed by atoms with Gasteiger partial charge >= 0.3 is 0 Å². The number of aromatic nitrogens is 2. The molecule has 0 N–H and O–H groups in total. The lowest BCUT2D eigenvalue weighted by molar-refractivity contribution is 0.660. The van der Waals surface area contributed by atoms with Crippen molar-refractivity contribution in [1.82, 2.24) is 9.13 Å². The van der Waals surface area contributed by atoms with Crippen molar-refractivity contribution in [3.8, 4) is 78.1 Å². The summed E-state index contributed by atoms with van der Waals surface area (Å²) in [6.07, 6.45) is 0. The van der Waals surface area contributed by atoms with Crippen LogP contribution in [0, 0.1) is 0 Å². The monoisotopic (exact) mass is 1360 g/mol. The van der Waals surface area contributed by atoms with Gasteiger partial charge in [0.1, 0.15) is 0 Å². The molecule has 2 heterocycles. The van der Waals surface area contributed by atoms with Gasteiger partial charge in [0, 0.05) is 77.9 Å². The Balaban J connectivity index is 0.000000145. The highest BCUT2D eigenvalue weighted by atomic mass is 15.1. The number of para-hydroxylation sites is 4. The Morgan fingerprint density at radius 1 is 0.189 bits per heavy atom. The summed E-state index contributed by atoms with van der Waals surface area (Å²) in [5, 5.41) is 5.11. The molecule has 0 aliphatic heterocycles. The van der Waals surface area contributed by atoms with Crippen LogP contribution in [-0.2, 0) is 10.8 Å². The summed E-state index contributed by atoms with van der Waals surface area (Å²) < 4.78 is 4.85. The maximum Gasteiger partial charge on any atom is 0.0541 e. The van der Waals surface area contributed by atoms with Crippen molar-refractivity contribution < 1.29 is 0 Å². The van der Waals surface area contributed by atoms with E-state index < -0.39 is 0 Å². The van der Waals surface area contributed by atoms with Gasteiger partial charge in [-0.15, -0.1) is 0 Å². The average Bonchev–Trinajstić information content (AvgIpc) is 1.57. The largest absolute Gasteiger partial charge is 0.310 e. The van der Waals surface area contributed by atoms with Gasteiger partial charge in [0.05, 0.1) is 22.1 Å². The average molecular weight is 1360 g/mol. The van der Waals surface area contributed by atoms with Gasteiger partial charge in [-0.1, -0.05) is 295 Å². The molecule has 18 aromatic rings. The predicted octanol–water partition coefficient (Wildman–Crippen LogP) is 27.8. The Hall–Kier alpha value is -13.3. The highest BCUT2D eigenvalue weighted by molar-refractivity contribution is 6.11. The lowest BCUT2D eigenvalue weighted by Gasteiger charge is -2.28. The summed E-state index contributed by atoms with van der Waals surface area (Å²) in [4.78, 5) is 4.79. The molecular weight excluding hydrogens is 1280 g/mol. The molecule has 0 atom stereocenters. The third kappa shape index (κ3) is 10.9. The third-order valence-electron chi connectivity index (χ3n) is 22.4. The zero-order valence-corrected chi connectivity index (χ0v) is 59.7. The molecule has 0 amide bonds. The fourth-order valence-electron chi connectivity index (χ4n) is 17.1. The smallest absolute Gasteiger partial charge is 0.0541 e. The molecule has 2 aliphatic carbocycles. The Kier molecular flexibility index (Phi) is 15.5. The maximum atomic E-state index is 2.43. The zero-order valence-electron chi connectivity index (χ0n) is 59.7. The summed E-state index contributed by atoms with van der Waals surface area (Å²) in [6, 6.07) is 142. The Morgan fingerprint density at radius 3 is 0.774 bits per heavy atom. The van der Waals surface area contributed by atoms with Crippen molar-refractivity contribution >= 4 is 77.7 Å². The van der Waals surface area contributed by atoms with Gasteiger partial charge in [0.15, 0.2) is 0 Å². The quantitative estimate of drug-likeness (QED) is 0.121. The van der Waals surface area contributed by atoms with E-state index in [1.165, 1.54) is 144 Å². The summed E-state index contributed by atoms with van der Waals surface area (Å²) in [7, 11) is 0. The van der Waals surface area contributed by atoms with Crippen LogP contribution >= 0.6 is 0 Å². The molecule has 0 bridgehead atoms. The number of hydrogen-bond donors (Lipinski definition) is 0. The predicted molar refractivity (Wildman–Crippen MR) is 448 cm³/mol. The van der Waals surface area contributed by atoms with Crippen molar-refractivity contribution in [2.75, 3.05) is 9.80 Å². The zero-order chi connectivity index (χ0) is 71.0. The van der Waals surface area contributed by atoms with Crippen LogP contribution in [0.2, 0.25) is 0 Å². The Bertz CT molecular complexity index is 6060. The molecule has 0 saturated heterocycles. The number of benzene rings is 16. The fourth-order valence-corrected chi connectivity index (χ4v) is 17.1. The van der Waals surface area contributed by atoms with Gasteiger partial charge in [-0.05, 0) is 210 Å². The molecule has 4 heteroatoms. The highest BCUT2D eigenvalue weighted by Gasteiger charge is 2.38. The van der Waals surface area contributed by atoms with Crippen molar-refractivity contribution in [1.29, 1.82) is 0 Å². The van der Waals surface area contributed by atoms with Gasteiger partial charge in [0.2, 0.25) is 0 Å². The molecule has 16 aromatic carbocycles. The first-order valence-corrected chi connectivity index (χ1v) is 36.9. The summed E-state index contributed by atoms with van der Waals surface area (Å²) >= 11 is 0. The van der Waals surface area contributed by atoms with Crippen molar-refractivity contribution in [3.05, 3.63) is 411 Å². The van der Waals surface area contributed by atoms with Gasteiger partial charge < -0.3 is 18.9 Å². The molecular formula is C102H76N4. The molecule has 0 fully saturated rings. The molecule has 20 rings (SSSR count). The highest BCUT2D eigenvalue weighted by Crippen LogP contribution is 2.54. The first kappa shape index (κ1) is 63.6. The van der Waals surface area contributed by atoms with Crippen LogP contribution in [0.1, 0.15) is 49.9 Å². The topological polar surface area (TPSA) is 16.3 Å². The van der Waals surface area contributed by atoms with Gasteiger partial charge in [-0.25, -0.2) is 0 Å². The summed E-state index contributed by atoms with van der Waals surface area (Å²) in [5.41, 5.74) is 34.1. The molecule has 0 radical (unpaired) electrons. The van der Waals surface area contributed by atoms with Crippen molar-refractivity contribution in [2.45, 2.75) is 38.5 Å². The van der Waals surface area contributed by atoms with Crippen LogP contribution in [-0.4, -0.2) is 9.13 Å². The first-order valence-electron chi connectivity index (χ1n) is 36.9. The van der Waals surface area contributed by atoms with Gasteiger partial charge in [0.25, 0.3) is 0 Å². The van der Waals surface area contributed by atoms with Crippen LogP contribution < -0.4 is 9.80 Å². The summed E-state index contributed by atoms with van der Waals surface area (Å²) in [5.74, 6) is 0. The van der Waals surface area contributed by atoms with E-state index in [2.05, 4.69) is 435 Å². The van der Waals surface area contributed by atoms with E-state index >= 15 is 0 Å². The van der Waals surface area contributed by atoms with E-state index in [4.69, 9.17) is 0 Å². The van der Waals surface area contributed by atoms with Crippen LogP contribution in [0.25, 0.3) is 122 Å². The van der Waals surface area contributed by atoms with Crippen molar-refractivity contribution in [2.24, 2.45) is 0 Å². The molecule has 0 saturated carbocycles. The fraction of sp³-hybridized carbons (Fsp3) is 0.0588. The SMILES string of the molecule is CC1(C)c2ccc(-n3c4ccccc4c4ccccc43)cc2-c2ccc(N(c3ccc(-c4ccccc4)cc3)c3ccc(-c4ccccc4)cc3)cc21.CC1(C)c2ccc(N(c3ccc(-c4ccccc4)cc3)c3ccc(-c4ccccc4)cc3)cc2-c2cc(-n3c4ccccc4c4ccccc43)ccc21. The van der Waals surface area contributed by atoms with Crippen LogP contribution in [0.15, 0.2) is 388 Å². The normalized spacial score (nSPS) is 12.9. The Morgan fingerprint density at radius 2 is 0.434 bits per heavy atom. The molecule has 0 unspecified atom stereocenters. The maximum absolute atomic E-state index is 2.43. The molecule has 0 spiro atoms. The molecule has 2 aliphatic rings. The van der Waals surface area contributed by atoms with Crippen LogP contribution in [0.3, 0.4) is 0 Å². The molecule has 4 nitrogen and oxygen atoms in total. The lowest BCUT2D eigenvalue weighted by atomic mass is 9.82. The van der Waals surface area contributed by atoms with Crippen LogP contribution in [0.5, 0.6) is 0 Å². The van der Waals surface area contributed by atoms with Gasteiger partial charge in [-0.3, -0.25) is 0 Å². The second kappa shape index (κ2) is 25.9.